The maximum Gasteiger partial charge on any atom is 0.283 e. The van der Waals surface area contributed by atoms with Crippen LogP contribution >= 0.6 is 0 Å². The number of pyridine rings is 1. The van der Waals surface area contributed by atoms with Crippen molar-refractivity contribution >= 4 is 21.7 Å². The molecule has 2 N–H and O–H groups in total. The summed E-state index contributed by atoms with van der Waals surface area (Å²) in [7, 11) is -3.88. The molecule has 8 nitrogen and oxygen atoms in total. The first-order chi connectivity index (χ1) is 9.94. The minimum Gasteiger partial charge on any atom is -0.383 e. The molecule has 0 unspecified atom stereocenters. The van der Waals surface area contributed by atoms with Gasteiger partial charge in [0.1, 0.15) is 0 Å². The van der Waals surface area contributed by atoms with Crippen LogP contribution in [0.3, 0.4) is 0 Å². The first-order valence-corrected chi connectivity index (χ1v) is 7.82. The van der Waals surface area contributed by atoms with Gasteiger partial charge in [-0.1, -0.05) is 0 Å². The molecule has 0 aromatic carbocycles. The highest BCUT2D eigenvalue weighted by molar-refractivity contribution is 7.92. The lowest BCUT2D eigenvalue weighted by Crippen LogP contribution is -2.19. The summed E-state index contributed by atoms with van der Waals surface area (Å²) >= 11 is 0. The highest BCUT2D eigenvalue weighted by Gasteiger charge is 2.21. The quantitative estimate of drug-likeness (QED) is 0.851. The van der Waals surface area contributed by atoms with E-state index in [2.05, 4.69) is 30.2 Å². The summed E-state index contributed by atoms with van der Waals surface area (Å²) in [5.74, 6) is -0.0776. The first kappa shape index (κ1) is 15.1. The molecule has 0 amide bonds. The molecule has 0 saturated heterocycles. The van der Waals surface area contributed by atoms with Crippen LogP contribution in [0.5, 0.6) is 0 Å². The van der Waals surface area contributed by atoms with Gasteiger partial charge < -0.3 is 5.32 Å². The zero-order valence-electron chi connectivity index (χ0n) is 12.0. The number of anilines is 2. The van der Waals surface area contributed by atoms with E-state index in [1.807, 2.05) is 6.92 Å². The van der Waals surface area contributed by atoms with Crippen molar-refractivity contribution in [3.05, 3.63) is 29.7 Å². The minimum absolute atomic E-state index is 0.0776. The predicted molar refractivity (Wildman–Crippen MR) is 78.5 cm³/mol. The van der Waals surface area contributed by atoms with Gasteiger partial charge in [-0.15, -0.1) is 5.10 Å². The van der Waals surface area contributed by atoms with Gasteiger partial charge in [-0.2, -0.15) is 13.5 Å². The standard InChI is InChI=1S/C12H16N6O2S/c1-4-13-10-6-5-7-14-11(10)21(19,20)18-12-15-8(2)9(3)16-17-12/h5-7,13H,4H2,1-3H3,(H,15,17,18). The fraction of sp³-hybridized carbons (Fsp3) is 0.333. The second-order valence-corrected chi connectivity index (χ2v) is 5.90. The molecule has 0 aliphatic heterocycles. The van der Waals surface area contributed by atoms with E-state index in [1.165, 1.54) is 6.20 Å². The van der Waals surface area contributed by atoms with Crippen LogP contribution in [0.25, 0.3) is 0 Å². The number of sulfonamides is 1. The fourth-order valence-corrected chi connectivity index (χ4v) is 2.65. The molecule has 0 saturated carbocycles. The maximum absolute atomic E-state index is 12.4. The maximum atomic E-state index is 12.4. The minimum atomic E-state index is -3.88. The topological polar surface area (TPSA) is 110 Å². The molecule has 21 heavy (non-hydrogen) atoms. The van der Waals surface area contributed by atoms with Crippen LogP contribution in [-0.2, 0) is 10.0 Å². The lowest BCUT2D eigenvalue weighted by Gasteiger charge is -2.11. The van der Waals surface area contributed by atoms with Crippen LogP contribution in [0, 0.1) is 13.8 Å². The Morgan fingerprint density at radius 1 is 1.19 bits per heavy atom. The molecule has 0 aliphatic carbocycles. The summed E-state index contributed by atoms with van der Waals surface area (Å²) in [4.78, 5) is 7.96. The summed E-state index contributed by atoms with van der Waals surface area (Å²) in [6, 6.07) is 3.30. The zero-order chi connectivity index (χ0) is 15.5. The van der Waals surface area contributed by atoms with Crippen molar-refractivity contribution in [2.45, 2.75) is 25.8 Å². The zero-order valence-corrected chi connectivity index (χ0v) is 12.8. The first-order valence-electron chi connectivity index (χ1n) is 6.33. The van der Waals surface area contributed by atoms with E-state index in [0.717, 1.165) is 0 Å². The van der Waals surface area contributed by atoms with Crippen molar-refractivity contribution in [2.24, 2.45) is 0 Å². The van der Waals surface area contributed by atoms with E-state index in [9.17, 15) is 8.42 Å². The van der Waals surface area contributed by atoms with Crippen LogP contribution in [0.15, 0.2) is 23.4 Å². The van der Waals surface area contributed by atoms with Gasteiger partial charge in [0, 0.05) is 12.7 Å². The van der Waals surface area contributed by atoms with Gasteiger partial charge in [-0.3, -0.25) is 0 Å². The molecule has 2 rings (SSSR count). The third-order valence-corrected chi connectivity index (χ3v) is 4.00. The van der Waals surface area contributed by atoms with E-state index in [-0.39, 0.29) is 11.0 Å². The monoisotopic (exact) mass is 308 g/mol. The molecule has 2 aromatic heterocycles. The van der Waals surface area contributed by atoms with Crippen LogP contribution in [0.2, 0.25) is 0 Å². The average Bonchev–Trinajstić information content (AvgIpc) is 2.43. The van der Waals surface area contributed by atoms with Crippen molar-refractivity contribution in [3.63, 3.8) is 0 Å². The van der Waals surface area contributed by atoms with Crippen molar-refractivity contribution < 1.29 is 8.42 Å². The lowest BCUT2D eigenvalue weighted by atomic mass is 10.4. The van der Waals surface area contributed by atoms with Crippen molar-refractivity contribution in [3.8, 4) is 0 Å². The highest BCUT2D eigenvalue weighted by atomic mass is 32.2. The Bertz CT molecular complexity index is 747. The van der Waals surface area contributed by atoms with Gasteiger partial charge in [0.25, 0.3) is 16.0 Å². The third kappa shape index (κ3) is 3.43. The Balaban J connectivity index is 2.36. The van der Waals surface area contributed by atoms with E-state index in [0.29, 0.717) is 23.6 Å². The Kier molecular flexibility index (Phi) is 4.32. The van der Waals surface area contributed by atoms with Crippen LogP contribution < -0.4 is 10.0 Å². The largest absolute Gasteiger partial charge is 0.383 e. The number of hydrogen-bond acceptors (Lipinski definition) is 7. The summed E-state index contributed by atoms with van der Waals surface area (Å²) in [5.41, 5.74) is 1.67. The third-order valence-electron chi connectivity index (χ3n) is 2.71. The van der Waals surface area contributed by atoms with Gasteiger partial charge >= 0.3 is 0 Å². The molecule has 2 heterocycles. The lowest BCUT2D eigenvalue weighted by molar-refractivity contribution is 0.597. The molecule has 0 aliphatic rings. The number of nitrogens with zero attached hydrogens (tertiary/aromatic N) is 4. The van der Waals surface area contributed by atoms with E-state index >= 15 is 0 Å². The molecule has 0 spiro atoms. The molecule has 0 fully saturated rings. The molecule has 9 heteroatoms. The average molecular weight is 308 g/mol. The van der Waals surface area contributed by atoms with Crippen LogP contribution in [-0.4, -0.2) is 35.1 Å². The Morgan fingerprint density at radius 3 is 2.62 bits per heavy atom. The number of rotatable bonds is 5. The number of nitrogens with one attached hydrogen (secondary N) is 2. The van der Waals surface area contributed by atoms with E-state index in [1.54, 1.807) is 26.0 Å². The van der Waals surface area contributed by atoms with Crippen molar-refractivity contribution in [1.29, 1.82) is 0 Å². The fourth-order valence-electron chi connectivity index (χ4n) is 1.60. The van der Waals surface area contributed by atoms with Gasteiger partial charge in [-0.25, -0.2) is 14.7 Å². The Hall–Kier alpha value is -2.29. The molecule has 0 bridgehead atoms. The van der Waals surface area contributed by atoms with Gasteiger partial charge in [0.05, 0.1) is 17.1 Å². The summed E-state index contributed by atoms with van der Waals surface area (Å²) in [6.45, 7) is 5.92. The Labute approximate surface area is 123 Å². The molecular weight excluding hydrogens is 292 g/mol. The number of aryl methyl sites for hydroxylation is 2. The molecular formula is C12H16N6O2S. The van der Waals surface area contributed by atoms with Gasteiger partial charge in [-0.05, 0) is 32.9 Å². The molecule has 112 valence electrons. The van der Waals surface area contributed by atoms with Crippen molar-refractivity contribution in [1.82, 2.24) is 20.2 Å². The normalized spacial score (nSPS) is 11.2. The van der Waals surface area contributed by atoms with Crippen LogP contribution in [0.4, 0.5) is 11.6 Å². The summed E-state index contributed by atoms with van der Waals surface area (Å²) < 4.78 is 27.0. The second kappa shape index (κ2) is 6.00. The number of hydrogen-bond donors (Lipinski definition) is 2. The smallest absolute Gasteiger partial charge is 0.283 e. The van der Waals surface area contributed by atoms with Gasteiger partial charge in [0.15, 0.2) is 5.03 Å². The predicted octanol–water partition coefficient (Wildman–Crippen LogP) is 1.12. The molecule has 0 radical (unpaired) electrons. The van der Waals surface area contributed by atoms with E-state index in [4.69, 9.17) is 0 Å². The highest BCUT2D eigenvalue weighted by Crippen LogP contribution is 2.19. The molecule has 0 atom stereocenters. The summed E-state index contributed by atoms with van der Waals surface area (Å²) in [5, 5.41) is 10.4. The van der Waals surface area contributed by atoms with Gasteiger partial charge in [0.2, 0.25) is 0 Å². The van der Waals surface area contributed by atoms with Crippen molar-refractivity contribution in [2.75, 3.05) is 16.6 Å². The second-order valence-electron chi connectivity index (χ2n) is 4.30. The SMILES string of the molecule is CCNc1cccnc1S(=O)(=O)Nc1nnc(C)c(C)n1. The summed E-state index contributed by atoms with van der Waals surface area (Å²) in [6.07, 6.45) is 1.41. The Morgan fingerprint density at radius 2 is 1.95 bits per heavy atom. The van der Waals surface area contributed by atoms with Crippen LogP contribution in [0.1, 0.15) is 18.3 Å². The number of aromatic nitrogens is 4. The van der Waals surface area contributed by atoms with E-state index < -0.39 is 10.0 Å². The molecule has 2 aromatic rings.